The second kappa shape index (κ2) is 13.8. The standard InChI is InChI=1S/C35H46N8O7S/c1-5-23-16-35(23,31(46)41-51(48,49)26-14-15-26)40-29(44)27-19-42(24-12-10-21(11-13-24)22-17-37-32(36)38-18-22)20-43(27)30(45)28(34(2,3)4)39-33(47)50-25-8-6-7-9-25/h5,10-13,17-18,23,25-28H,1,6-9,14-16,19-20H2,2-4H3,(H,39,47)(H,40,44)(H,41,46)(H2,36,37,38)/t23-,27+,28-,35-/m1/s1. The molecule has 2 heterocycles. The first-order valence-electron chi connectivity index (χ1n) is 17.3. The van der Waals surface area contributed by atoms with Crippen LogP contribution < -0.4 is 26.0 Å². The van der Waals surface area contributed by atoms with Crippen LogP contribution in [0.25, 0.3) is 11.1 Å². The van der Waals surface area contributed by atoms with E-state index >= 15 is 0 Å². The Hall–Kier alpha value is -4.73. The molecule has 2 aromatic rings. The van der Waals surface area contributed by atoms with E-state index in [-0.39, 0.29) is 31.7 Å². The minimum atomic E-state index is -3.88. The third-order valence-corrected chi connectivity index (χ3v) is 11.9. The Morgan fingerprint density at radius 2 is 1.69 bits per heavy atom. The van der Waals surface area contributed by atoms with Gasteiger partial charge < -0.3 is 30.9 Å². The number of anilines is 2. The highest BCUT2D eigenvalue weighted by Crippen LogP contribution is 2.45. The van der Waals surface area contributed by atoms with Gasteiger partial charge in [0.25, 0.3) is 5.91 Å². The van der Waals surface area contributed by atoms with Crippen molar-refractivity contribution in [1.82, 2.24) is 30.2 Å². The lowest BCUT2D eigenvalue weighted by Gasteiger charge is -2.35. The molecule has 1 saturated heterocycles. The van der Waals surface area contributed by atoms with E-state index in [0.717, 1.165) is 36.8 Å². The predicted octanol–water partition coefficient (Wildman–Crippen LogP) is 2.45. The summed E-state index contributed by atoms with van der Waals surface area (Å²) in [6.45, 7) is 9.26. The minimum Gasteiger partial charge on any atom is -0.446 e. The number of amides is 4. The van der Waals surface area contributed by atoms with Gasteiger partial charge in [-0.15, -0.1) is 6.58 Å². The Balaban J connectivity index is 1.26. The number of sulfonamides is 1. The first kappa shape index (κ1) is 36.1. The lowest BCUT2D eigenvalue weighted by atomic mass is 9.85. The van der Waals surface area contributed by atoms with Crippen molar-refractivity contribution in [3.63, 3.8) is 0 Å². The molecule has 3 saturated carbocycles. The number of nitrogens with zero attached hydrogens (tertiary/aromatic N) is 4. The minimum absolute atomic E-state index is 0.00662. The van der Waals surface area contributed by atoms with E-state index < -0.39 is 68.0 Å². The van der Waals surface area contributed by atoms with Crippen molar-refractivity contribution in [1.29, 1.82) is 0 Å². The SMILES string of the molecule is C=C[C@@H]1C[C@]1(NC(=O)[C@@H]1CN(c2ccc(-c3cnc(N)nc3)cc2)CN1C(=O)[C@@H](NC(=O)OC1CCCC1)C(C)(C)C)C(=O)NS(=O)(=O)C1CC1. The van der Waals surface area contributed by atoms with Crippen LogP contribution in [0.3, 0.4) is 0 Å². The fraction of sp³-hybridized carbons (Fsp3) is 0.543. The number of hydrogen-bond acceptors (Lipinski definition) is 11. The fourth-order valence-electron chi connectivity index (χ4n) is 6.78. The average molecular weight is 723 g/mol. The van der Waals surface area contributed by atoms with Crippen LogP contribution in [0.5, 0.6) is 0 Å². The first-order valence-corrected chi connectivity index (χ1v) is 18.9. The molecular formula is C35H46N8O7S. The van der Waals surface area contributed by atoms with Crippen molar-refractivity contribution in [2.45, 2.75) is 94.7 Å². The molecule has 4 aliphatic rings. The van der Waals surface area contributed by atoms with Crippen molar-refractivity contribution < 1.29 is 32.3 Å². The molecule has 5 N–H and O–H groups in total. The van der Waals surface area contributed by atoms with Gasteiger partial charge in [0, 0.05) is 36.1 Å². The molecule has 1 aliphatic heterocycles. The monoisotopic (exact) mass is 722 g/mol. The highest BCUT2D eigenvalue weighted by Gasteiger charge is 2.62. The number of benzene rings is 1. The van der Waals surface area contributed by atoms with Crippen LogP contribution in [-0.2, 0) is 29.1 Å². The molecule has 0 radical (unpaired) electrons. The Kier molecular flexibility index (Phi) is 9.74. The number of nitrogens with one attached hydrogen (secondary N) is 3. The van der Waals surface area contributed by atoms with Crippen molar-refractivity contribution >= 4 is 45.5 Å². The second-order valence-corrected chi connectivity index (χ2v) is 17.0. The van der Waals surface area contributed by atoms with Crippen LogP contribution >= 0.6 is 0 Å². The molecule has 3 aliphatic carbocycles. The summed E-state index contributed by atoms with van der Waals surface area (Å²) in [4.78, 5) is 66.5. The third kappa shape index (κ3) is 7.80. The van der Waals surface area contributed by atoms with E-state index in [9.17, 15) is 27.6 Å². The quantitative estimate of drug-likeness (QED) is 0.248. The van der Waals surface area contributed by atoms with Gasteiger partial charge in [0.2, 0.25) is 27.8 Å². The summed E-state index contributed by atoms with van der Waals surface area (Å²) in [5.41, 5.74) is 5.63. The van der Waals surface area contributed by atoms with E-state index in [0.29, 0.717) is 18.5 Å². The van der Waals surface area contributed by atoms with Crippen molar-refractivity contribution in [2.75, 3.05) is 23.8 Å². The summed E-state index contributed by atoms with van der Waals surface area (Å²) in [7, 11) is -3.88. The number of aromatic nitrogens is 2. The summed E-state index contributed by atoms with van der Waals surface area (Å²) in [5, 5.41) is 4.95. The first-order chi connectivity index (χ1) is 24.1. The van der Waals surface area contributed by atoms with E-state index in [1.807, 2.05) is 49.9 Å². The summed E-state index contributed by atoms with van der Waals surface area (Å²) < 4.78 is 33.1. The van der Waals surface area contributed by atoms with E-state index in [4.69, 9.17) is 10.5 Å². The number of alkyl carbamates (subject to hydrolysis) is 1. The van der Waals surface area contributed by atoms with Crippen molar-refractivity contribution in [3.05, 3.63) is 49.3 Å². The predicted molar refractivity (Wildman–Crippen MR) is 189 cm³/mol. The Labute approximate surface area is 297 Å². The molecule has 51 heavy (non-hydrogen) atoms. The summed E-state index contributed by atoms with van der Waals surface area (Å²) in [6, 6.07) is 5.26. The maximum absolute atomic E-state index is 14.5. The largest absolute Gasteiger partial charge is 0.446 e. The third-order valence-electron chi connectivity index (χ3n) is 10.1. The number of rotatable bonds is 11. The average Bonchev–Trinajstić information content (AvgIpc) is 3.96. The molecule has 274 valence electrons. The van der Waals surface area contributed by atoms with Crippen LogP contribution in [0.1, 0.15) is 65.7 Å². The van der Waals surface area contributed by atoms with Gasteiger partial charge in [0.15, 0.2) is 0 Å². The van der Waals surface area contributed by atoms with Crippen LogP contribution in [0.15, 0.2) is 49.3 Å². The zero-order valence-electron chi connectivity index (χ0n) is 29.1. The maximum Gasteiger partial charge on any atom is 0.408 e. The number of nitrogens with two attached hydrogens (primary N) is 1. The van der Waals surface area contributed by atoms with Crippen molar-refractivity contribution in [2.24, 2.45) is 11.3 Å². The van der Waals surface area contributed by atoms with E-state index in [1.165, 1.54) is 11.0 Å². The van der Waals surface area contributed by atoms with Gasteiger partial charge in [-0.2, -0.15) is 0 Å². The zero-order valence-corrected chi connectivity index (χ0v) is 29.9. The topological polar surface area (TPSA) is 206 Å². The molecule has 1 aromatic heterocycles. The summed E-state index contributed by atoms with van der Waals surface area (Å²) in [6.07, 6.45) is 8.37. The number of carbonyl (C=O) groups is 4. The Bertz CT molecular complexity index is 1790. The normalized spacial score (nSPS) is 24.1. The van der Waals surface area contributed by atoms with Crippen LogP contribution in [0, 0.1) is 11.3 Å². The molecule has 1 aromatic carbocycles. The Morgan fingerprint density at radius 1 is 1.04 bits per heavy atom. The lowest BCUT2D eigenvalue weighted by Crippen LogP contribution is -2.60. The second-order valence-electron chi connectivity index (χ2n) is 15.0. The molecule has 4 atom stereocenters. The van der Waals surface area contributed by atoms with Crippen LogP contribution in [0.4, 0.5) is 16.4 Å². The number of carbonyl (C=O) groups excluding carboxylic acids is 4. The summed E-state index contributed by atoms with van der Waals surface area (Å²) >= 11 is 0. The van der Waals surface area contributed by atoms with Gasteiger partial charge >= 0.3 is 6.09 Å². The zero-order chi connectivity index (χ0) is 36.7. The number of ether oxygens (including phenoxy) is 1. The molecule has 4 amide bonds. The molecule has 16 heteroatoms. The van der Waals surface area contributed by atoms with Gasteiger partial charge in [0.1, 0.15) is 23.7 Å². The smallest absolute Gasteiger partial charge is 0.408 e. The van der Waals surface area contributed by atoms with E-state index in [2.05, 4.69) is 31.9 Å². The van der Waals surface area contributed by atoms with Gasteiger partial charge in [-0.3, -0.25) is 19.1 Å². The highest BCUT2D eigenvalue weighted by atomic mass is 32.2. The molecule has 15 nitrogen and oxygen atoms in total. The fourth-order valence-corrected chi connectivity index (χ4v) is 8.14. The van der Waals surface area contributed by atoms with Crippen LogP contribution in [-0.4, -0.2) is 89.3 Å². The van der Waals surface area contributed by atoms with Gasteiger partial charge in [-0.05, 0) is 68.1 Å². The number of nitrogen functional groups attached to an aromatic ring is 1. The molecule has 0 bridgehead atoms. The Morgan fingerprint density at radius 3 is 2.25 bits per heavy atom. The molecule has 0 spiro atoms. The highest BCUT2D eigenvalue weighted by molar-refractivity contribution is 7.91. The molecule has 4 fully saturated rings. The van der Waals surface area contributed by atoms with E-state index in [1.54, 1.807) is 12.4 Å². The van der Waals surface area contributed by atoms with Gasteiger partial charge in [-0.25, -0.2) is 23.2 Å². The van der Waals surface area contributed by atoms with Crippen molar-refractivity contribution in [3.8, 4) is 11.1 Å². The van der Waals surface area contributed by atoms with Gasteiger partial charge in [0.05, 0.1) is 11.9 Å². The van der Waals surface area contributed by atoms with Crippen LogP contribution in [0.2, 0.25) is 0 Å². The molecular weight excluding hydrogens is 677 g/mol. The van der Waals surface area contributed by atoms with Gasteiger partial charge in [-0.1, -0.05) is 39.0 Å². The summed E-state index contributed by atoms with van der Waals surface area (Å²) in [5.74, 6) is -2.31. The molecule has 6 rings (SSSR count). The lowest BCUT2D eigenvalue weighted by molar-refractivity contribution is -0.142. The maximum atomic E-state index is 14.5. The number of hydrogen-bond donors (Lipinski definition) is 4. The molecule has 0 unspecified atom stereocenters.